The summed E-state index contributed by atoms with van der Waals surface area (Å²) in [7, 11) is 0. The molecular weight excluding hydrogens is 423 g/mol. The lowest BCUT2D eigenvalue weighted by Gasteiger charge is -2.25. The van der Waals surface area contributed by atoms with E-state index in [2.05, 4.69) is 17.1 Å². The number of aliphatic hydroxyl groups is 2. The Morgan fingerprint density at radius 2 is 1.83 bits per heavy atom. The van der Waals surface area contributed by atoms with Gasteiger partial charge >= 0.3 is 11.9 Å². The molecule has 164 valence electrons. The number of aliphatic carboxylic acids is 2. The predicted molar refractivity (Wildman–Crippen MR) is 110 cm³/mol. The minimum absolute atomic E-state index is 0.704. The predicted octanol–water partition coefficient (Wildman–Crippen LogP) is 1.69. The second-order valence-corrected chi connectivity index (χ2v) is 7.74. The summed E-state index contributed by atoms with van der Waals surface area (Å²) in [4.78, 5) is 22.1. The molecule has 8 nitrogen and oxygen atoms in total. The van der Waals surface area contributed by atoms with Gasteiger partial charge in [-0.2, -0.15) is 0 Å². The number of rotatable bonds is 9. The first-order valence-corrected chi connectivity index (χ1v) is 10.1. The zero-order valence-electron chi connectivity index (χ0n) is 16.2. The Balaban J connectivity index is 0.000000359. The normalized spacial score (nSPS) is 18.1. The van der Waals surface area contributed by atoms with Gasteiger partial charge in [0, 0.05) is 23.1 Å². The summed E-state index contributed by atoms with van der Waals surface area (Å²) in [6.07, 6.45) is -2.07. The van der Waals surface area contributed by atoms with Gasteiger partial charge in [0.25, 0.3) is 0 Å². The summed E-state index contributed by atoms with van der Waals surface area (Å²) in [5.41, 5.74) is 1.17. The van der Waals surface area contributed by atoms with Crippen LogP contribution < -0.4 is 5.32 Å². The zero-order chi connectivity index (χ0) is 22.0. The van der Waals surface area contributed by atoms with Crippen LogP contribution in [0.2, 0.25) is 10.0 Å². The molecule has 0 radical (unpaired) electrons. The van der Waals surface area contributed by atoms with E-state index in [1.165, 1.54) is 18.4 Å². The van der Waals surface area contributed by atoms with Crippen molar-refractivity contribution < 1.29 is 30.0 Å². The Labute approximate surface area is 180 Å². The van der Waals surface area contributed by atoms with Crippen molar-refractivity contribution in [3.8, 4) is 0 Å². The van der Waals surface area contributed by atoms with Gasteiger partial charge < -0.3 is 25.7 Å². The van der Waals surface area contributed by atoms with Gasteiger partial charge in [0.15, 0.2) is 12.2 Å². The van der Waals surface area contributed by atoms with E-state index in [1.807, 2.05) is 18.2 Å². The molecule has 0 bridgehead atoms. The Hall–Kier alpha value is -1.42. The van der Waals surface area contributed by atoms with E-state index in [9.17, 15) is 9.59 Å². The SMILES string of the molecule is CCCN(Cc1ccc(Cl)cc1Cl)C[C@H]1CCNC1.O=C(O)[C@H](O)[C@@H](O)C(=O)O. The number of hydrogen-bond donors (Lipinski definition) is 5. The van der Waals surface area contributed by atoms with E-state index in [4.69, 9.17) is 43.6 Å². The van der Waals surface area contributed by atoms with Crippen LogP contribution in [0.5, 0.6) is 0 Å². The summed E-state index contributed by atoms with van der Waals surface area (Å²) in [6, 6.07) is 5.80. The second-order valence-electron chi connectivity index (χ2n) is 6.90. The topological polar surface area (TPSA) is 130 Å². The molecule has 2 rings (SSSR count). The van der Waals surface area contributed by atoms with Gasteiger partial charge in [0.2, 0.25) is 0 Å². The molecule has 1 heterocycles. The molecule has 1 fully saturated rings. The smallest absolute Gasteiger partial charge is 0.335 e. The molecule has 0 saturated carbocycles. The third-order valence-corrected chi connectivity index (χ3v) is 5.02. The first kappa shape index (κ1) is 25.6. The highest BCUT2D eigenvalue weighted by atomic mass is 35.5. The van der Waals surface area contributed by atoms with Crippen LogP contribution in [0.4, 0.5) is 0 Å². The fourth-order valence-corrected chi connectivity index (χ4v) is 3.42. The van der Waals surface area contributed by atoms with Crippen molar-refractivity contribution in [3.63, 3.8) is 0 Å². The minimum Gasteiger partial charge on any atom is -0.479 e. The summed E-state index contributed by atoms with van der Waals surface area (Å²) < 4.78 is 0. The maximum absolute atomic E-state index is 9.77. The van der Waals surface area contributed by atoms with Gasteiger partial charge in [-0.3, -0.25) is 4.90 Å². The number of nitrogens with one attached hydrogen (secondary N) is 1. The number of carboxylic acid groups (broad SMARTS) is 2. The first-order valence-electron chi connectivity index (χ1n) is 9.34. The van der Waals surface area contributed by atoms with Gasteiger partial charge in [0.05, 0.1) is 0 Å². The van der Waals surface area contributed by atoms with E-state index < -0.39 is 24.1 Å². The molecule has 1 aliphatic heterocycles. The Morgan fingerprint density at radius 3 is 2.28 bits per heavy atom. The molecule has 1 aromatic carbocycles. The van der Waals surface area contributed by atoms with Crippen molar-refractivity contribution in [1.29, 1.82) is 0 Å². The van der Waals surface area contributed by atoms with E-state index in [0.29, 0.717) is 5.02 Å². The second kappa shape index (κ2) is 13.0. The number of carbonyl (C=O) groups is 2. The Bertz CT molecular complexity index is 652. The van der Waals surface area contributed by atoms with Crippen LogP contribution in [0, 0.1) is 5.92 Å². The van der Waals surface area contributed by atoms with Gasteiger partial charge in [-0.15, -0.1) is 0 Å². The third kappa shape index (κ3) is 9.29. The number of carboxylic acids is 2. The number of benzene rings is 1. The van der Waals surface area contributed by atoms with Crippen molar-refractivity contribution in [2.24, 2.45) is 5.92 Å². The Morgan fingerprint density at radius 1 is 1.21 bits per heavy atom. The highest BCUT2D eigenvalue weighted by Crippen LogP contribution is 2.23. The Kier molecular flexibility index (Phi) is 11.5. The highest BCUT2D eigenvalue weighted by molar-refractivity contribution is 6.35. The molecule has 1 saturated heterocycles. The van der Waals surface area contributed by atoms with Crippen LogP contribution in [0.15, 0.2) is 18.2 Å². The van der Waals surface area contributed by atoms with Crippen molar-refractivity contribution in [3.05, 3.63) is 33.8 Å². The fraction of sp³-hybridized carbons (Fsp3) is 0.579. The molecule has 0 unspecified atom stereocenters. The van der Waals surface area contributed by atoms with Crippen molar-refractivity contribution in [2.75, 3.05) is 26.2 Å². The molecular formula is C19H28Cl2N2O6. The lowest BCUT2D eigenvalue weighted by Crippen LogP contribution is -2.39. The van der Waals surface area contributed by atoms with Crippen LogP contribution in [0.3, 0.4) is 0 Å². The first-order chi connectivity index (χ1) is 13.6. The molecule has 1 aromatic rings. The van der Waals surface area contributed by atoms with Gasteiger partial charge in [-0.05, 0) is 56.1 Å². The number of aliphatic hydroxyl groups excluding tert-OH is 2. The molecule has 10 heteroatoms. The van der Waals surface area contributed by atoms with Crippen molar-refractivity contribution >= 4 is 35.1 Å². The quantitative estimate of drug-likeness (QED) is 0.384. The maximum Gasteiger partial charge on any atom is 0.335 e. The van der Waals surface area contributed by atoms with Gasteiger partial charge in [0.1, 0.15) is 0 Å². The van der Waals surface area contributed by atoms with Gasteiger partial charge in [-0.25, -0.2) is 9.59 Å². The van der Waals surface area contributed by atoms with Crippen molar-refractivity contribution in [2.45, 2.75) is 38.5 Å². The van der Waals surface area contributed by atoms with Crippen LogP contribution in [-0.2, 0) is 16.1 Å². The zero-order valence-corrected chi connectivity index (χ0v) is 17.7. The van der Waals surface area contributed by atoms with Crippen LogP contribution in [0.1, 0.15) is 25.3 Å². The molecule has 0 aromatic heterocycles. The minimum atomic E-state index is -2.27. The van der Waals surface area contributed by atoms with Gasteiger partial charge in [-0.1, -0.05) is 36.2 Å². The lowest BCUT2D eigenvalue weighted by molar-refractivity contribution is -0.165. The molecule has 29 heavy (non-hydrogen) atoms. The van der Waals surface area contributed by atoms with E-state index in [1.54, 1.807) is 0 Å². The molecule has 0 aliphatic carbocycles. The maximum atomic E-state index is 9.77. The van der Waals surface area contributed by atoms with Crippen LogP contribution >= 0.6 is 23.2 Å². The average molecular weight is 451 g/mol. The molecule has 0 amide bonds. The number of hydrogen-bond acceptors (Lipinski definition) is 6. The lowest BCUT2D eigenvalue weighted by atomic mass is 10.1. The van der Waals surface area contributed by atoms with Crippen LogP contribution in [-0.4, -0.2) is 75.7 Å². The van der Waals surface area contributed by atoms with E-state index >= 15 is 0 Å². The highest BCUT2D eigenvalue weighted by Gasteiger charge is 2.29. The molecule has 5 N–H and O–H groups in total. The molecule has 3 atom stereocenters. The monoisotopic (exact) mass is 450 g/mol. The summed E-state index contributed by atoms with van der Waals surface area (Å²) in [5, 5.41) is 37.4. The largest absolute Gasteiger partial charge is 0.479 e. The number of halogens is 2. The average Bonchev–Trinajstić information content (AvgIpc) is 3.16. The summed E-state index contributed by atoms with van der Waals surface area (Å²) in [5.74, 6) is -2.76. The molecule has 1 aliphatic rings. The standard InChI is InChI=1S/C15H22Cl2N2.C4H6O6/c1-2-7-19(10-12-5-6-18-9-12)11-13-3-4-14(16)8-15(13)17;5-1(3(7)8)2(6)4(9)10/h3-4,8,12,18H,2,5-7,9-11H2,1H3;1-2,5-6H,(H,7,8)(H,9,10)/t12-;1-,2-/m01/s1. The van der Waals surface area contributed by atoms with Crippen molar-refractivity contribution in [1.82, 2.24) is 10.2 Å². The van der Waals surface area contributed by atoms with Crippen LogP contribution in [0.25, 0.3) is 0 Å². The third-order valence-electron chi connectivity index (χ3n) is 4.43. The fourth-order valence-electron chi connectivity index (χ4n) is 2.95. The summed E-state index contributed by atoms with van der Waals surface area (Å²) >= 11 is 12.2. The van der Waals surface area contributed by atoms with E-state index in [0.717, 1.165) is 43.7 Å². The van der Waals surface area contributed by atoms with E-state index in [-0.39, 0.29) is 0 Å². The summed E-state index contributed by atoms with van der Waals surface area (Å²) in [6.45, 7) is 7.72. The number of nitrogens with zero attached hydrogens (tertiary/aromatic N) is 1. The molecule has 0 spiro atoms.